The van der Waals surface area contributed by atoms with Crippen molar-refractivity contribution < 1.29 is 9.21 Å². The van der Waals surface area contributed by atoms with Gasteiger partial charge in [0.25, 0.3) is 0 Å². The van der Waals surface area contributed by atoms with Gasteiger partial charge in [-0.3, -0.25) is 4.79 Å². The summed E-state index contributed by atoms with van der Waals surface area (Å²) in [5.41, 5.74) is 5.25. The number of rotatable bonds is 8. The Labute approximate surface area is 194 Å². The maximum atomic E-state index is 11.8. The van der Waals surface area contributed by atoms with Gasteiger partial charge in [-0.15, -0.1) is 0 Å². The monoisotopic (exact) mass is 445 g/mol. The SMILES string of the molecule is CCNC(=NCc1ccc(CN2CCCC2=O)cc1)NCc1coc(-c2ccc(C)cc2)n1. The van der Waals surface area contributed by atoms with Gasteiger partial charge < -0.3 is 20.0 Å². The molecular formula is C26H31N5O2. The van der Waals surface area contributed by atoms with E-state index in [4.69, 9.17) is 4.42 Å². The molecule has 0 saturated carbocycles. The first-order valence-corrected chi connectivity index (χ1v) is 11.5. The number of aryl methyl sites for hydroxylation is 1. The summed E-state index contributed by atoms with van der Waals surface area (Å²) in [6, 6.07) is 16.4. The fourth-order valence-electron chi connectivity index (χ4n) is 3.74. The van der Waals surface area contributed by atoms with Crippen molar-refractivity contribution in [1.29, 1.82) is 0 Å². The predicted molar refractivity (Wildman–Crippen MR) is 129 cm³/mol. The van der Waals surface area contributed by atoms with Crippen molar-refractivity contribution in [2.24, 2.45) is 4.99 Å². The van der Waals surface area contributed by atoms with Crippen LogP contribution < -0.4 is 10.6 Å². The van der Waals surface area contributed by atoms with Gasteiger partial charge >= 0.3 is 0 Å². The van der Waals surface area contributed by atoms with Crippen LogP contribution in [0.2, 0.25) is 0 Å². The zero-order valence-corrected chi connectivity index (χ0v) is 19.3. The number of nitrogens with zero attached hydrogens (tertiary/aromatic N) is 3. The summed E-state index contributed by atoms with van der Waals surface area (Å²) in [5, 5.41) is 6.59. The molecule has 1 aliphatic heterocycles. The summed E-state index contributed by atoms with van der Waals surface area (Å²) in [6.07, 6.45) is 3.32. The number of hydrogen-bond donors (Lipinski definition) is 2. The smallest absolute Gasteiger partial charge is 0.226 e. The number of hydrogen-bond acceptors (Lipinski definition) is 4. The van der Waals surface area contributed by atoms with E-state index < -0.39 is 0 Å². The molecular weight excluding hydrogens is 414 g/mol. The first kappa shape index (κ1) is 22.6. The molecule has 2 N–H and O–H groups in total. The lowest BCUT2D eigenvalue weighted by atomic mass is 10.1. The van der Waals surface area contributed by atoms with Gasteiger partial charge in [0.1, 0.15) is 6.26 Å². The third kappa shape index (κ3) is 6.22. The van der Waals surface area contributed by atoms with E-state index in [1.807, 2.05) is 36.1 Å². The minimum absolute atomic E-state index is 0.253. The van der Waals surface area contributed by atoms with Gasteiger partial charge in [-0.05, 0) is 43.5 Å². The Bertz CT molecular complexity index is 1090. The number of amides is 1. The molecule has 1 aromatic heterocycles. The van der Waals surface area contributed by atoms with Crippen LogP contribution in [0.15, 0.2) is 64.2 Å². The summed E-state index contributed by atoms with van der Waals surface area (Å²) >= 11 is 0. The van der Waals surface area contributed by atoms with Gasteiger partial charge in [0.2, 0.25) is 11.8 Å². The molecule has 0 radical (unpaired) electrons. The van der Waals surface area contributed by atoms with Crippen LogP contribution in [-0.4, -0.2) is 34.8 Å². The number of carbonyl (C=O) groups is 1. The molecule has 2 heterocycles. The molecule has 1 amide bonds. The number of oxazole rings is 1. The summed E-state index contributed by atoms with van der Waals surface area (Å²) in [6.45, 7) is 7.49. The molecule has 33 heavy (non-hydrogen) atoms. The molecule has 7 heteroatoms. The first-order valence-electron chi connectivity index (χ1n) is 11.5. The number of aromatic nitrogens is 1. The largest absolute Gasteiger partial charge is 0.444 e. The van der Waals surface area contributed by atoms with Gasteiger partial charge in [0, 0.05) is 31.6 Å². The van der Waals surface area contributed by atoms with Crippen molar-refractivity contribution in [2.75, 3.05) is 13.1 Å². The van der Waals surface area contributed by atoms with E-state index in [0.29, 0.717) is 31.9 Å². The molecule has 0 atom stereocenters. The van der Waals surface area contributed by atoms with Crippen LogP contribution in [0.3, 0.4) is 0 Å². The van der Waals surface area contributed by atoms with Gasteiger partial charge in [-0.25, -0.2) is 9.98 Å². The lowest BCUT2D eigenvalue weighted by Gasteiger charge is -2.15. The molecule has 172 valence electrons. The van der Waals surface area contributed by atoms with Crippen LogP contribution in [0.4, 0.5) is 0 Å². The zero-order valence-electron chi connectivity index (χ0n) is 19.3. The second-order valence-electron chi connectivity index (χ2n) is 8.29. The van der Waals surface area contributed by atoms with Gasteiger partial charge in [0.15, 0.2) is 5.96 Å². The minimum atomic E-state index is 0.253. The van der Waals surface area contributed by atoms with E-state index in [9.17, 15) is 4.79 Å². The molecule has 1 aliphatic rings. The van der Waals surface area contributed by atoms with Crippen LogP contribution in [0.5, 0.6) is 0 Å². The predicted octanol–water partition coefficient (Wildman–Crippen LogP) is 4.03. The van der Waals surface area contributed by atoms with E-state index in [-0.39, 0.29) is 5.91 Å². The molecule has 3 aromatic rings. The van der Waals surface area contributed by atoms with Crippen LogP contribution in [0.1, 0.15) is 42.1 Å². The Morgan fingerprint density at radius 3 is 2.55 bits per heavy atom. The number of aliphatic imine (C=N–C) groups is 1. The maximum absolute atomic E-state index is 11.8. The Hall–Kier alpha value is -3.61. The Balaban J connectivity index is 1.32. The van der Waals surface area contributed by atoms with Crippen molar-refractivity contribution in [2.45, 2.75) is 46.3 Å². The van der Waals surface area contributed by atoms with Crippen LogP contribution in [0, 0.1) is 6.92 Å². The highest BCUT2D eigenvalue weighted by molar-refractivity contribution is 5.79. The number of nitrogens with one attached hydrogen (secondary N) is 2. The van der Waals surface area contributed by atoms with E-state index in [0.717, 1.165) is 47.9 Å². The van der Waals surface area contributed by atoms with Crippen LogP contribution >= 0.6 is 0 Å². The third-order valence-corrected chi connectivity index (χ3v) is 5.62. The van der Waals surface area contributed by atoms with Gasteiger partial charge in [-0.2, -0.15) is 0 Å². The van der Waals surface area contributed by atoms with Crippen molar-refractivity contribution >= 4 is 11.9 Å². The number of carbonyl (C=O) groups excluding carboxylic acids is 1. The Morgan fingerprint density at radius 1 is 1.09 bits per heavy atom. The molecule has 0 unspecified atom stereocenters. The summed E-state index contributed by atoms with van der Waals surface area (Å²) in [4.78, 5) is 23.0. The standard InChI is InChI=1S/C26H31N5O2/c1-3-27-26(29-16-23-18-33-25(30-23)22-12-6-19(2)7-13-22)28-15-20-8-10-21(11-9-20)17-31-14-4-5-24(31)32/h6-13,18H,3-5,14-17H2,1-2H3,(H2,27,28,29). The van der Waals surface area contributed by atoms with Crippen LogP contribution in [-0.2, 0) is 24.4 Å². The fraction of sp³-hybridized carbons (Fsp3) is 0.346. The number of benzene rings is 2. The Morgan fingerprint density at radius 2 is 1.85 bits per heavy atom. The summed E-state index contributed by atoms with van der Waals surface area (Å²) < 4.78 is 5.64. The van der Waals surface area contributed by atoms with Crippen molar-refractivity contribution in [3.8, 4) is 11.5 Å². The maximum Gasteiger partial charge on any atom is 0.226 e. The van der Waals surface area contributed by atoms with Gasteiger partial charge in [-0.1, -0.05) is 42.0 Å². The van der Waals surface area contributed by atoms with Crippen molar-refractivity contribution in [1.82, 2.24) is 20.5 Å². The minimum Gasteiger partial charge on any atom is -0.444 e. The second-order valence-corrected chi connectivity index (χ2v) is 8.29. The normalized spacial score (nSPS) is 14.1. The van der Waals surface area contributed by atoms with E-state index in [1.165, 1.54) is 5.56 Å². The highest BCUT2D eigenvalue weighted by Crippen LogP contribution is 2.19. The molecule has 7 nitrogen and oxygen atoms in total. The fourth-order valence-corrected chi connectivity index (χ4v) is 3.74. The Kier molecular flexibility index (Phi) is 7.40. The molecule has 4 rings (SSSR count). The highest BCUT2D eigenvalue weighted by Gasteiger charge is 2.19. The van der Waals surface area contributed by atoms with E-state index in [2.05, 4.69) is 51.8 Å². The topological polar surface area (TPSA) is 82.8 Å². The quantitative estimate of drug-likeness (QED) is 0.404. The highest BCUT2D eigenvalue weighted by atomic mass is 16.3. The van der Waals surface area contributed by atoms with E-state index in [1.54, 1.807) is 6.26 Å². The molecule has 2 aromatic carbocycles. The average molecular weight is 446 g/mol. The number of likely N-dealkylation sites (tertiary alicyclic amines) is 1. The zero-order chi connectivity index (χ0) is 23.0. The number of guanidine groups is 1. The van der Waals surface area contributed by atoms with E-state index >= 15 is 0 Å². The summed E-state index contributed by atoms with van der Waals surface area (Å²) in [5.74, 6) is 1.59. The van der Waals surface area contributed by atoms with Crippen molar-refractivity contribution in [3.63, 3.8) is 0 Å². The lowest BCUT2D eigenvalue weighted by molar-refractivity contribution is -0.128. The average Bonchev–Trinajstić information content (AvgIpc) is 3.46. The van der Waals surface area contributed by atoms with Crippen molar-refractivity contribution in [3.05, 3.63) is 77.2 Å². The third-order valence-electron chi connectivity index (χ3n) is 5.62. The molecule has 1 saturated heterocycles. The molecule has 0 aliphatic carbocycles. The molecule has 0 spiro atoms. The van der Waals surface area contributed by atoms with Crippen LogP contribution in [0.25, 0.3) is 11.5 Å². The second kappa shape index (κ2) is 10.8. The lowest BCUT2D eigenvalue weighted by Crippen LogP contribution is -2.36. The molecule has 0 bridgehead atoms. The summed E-state index contributed by atoms with van der Waals surface area (Å²) in [7, 11) is 0. The van der Waals surface area contributed by atoms with Gasteiger partial charge in [0.05, 0.1) is 18.8 Å². The molecule has 1 fully saturated rings. The first-order chi connectivity index (χ1) is 16.1.